The Morgan fingerprint density at radius 3 is 1.17 bits per heavy atom. The number of aliphatic hydroxyl groups is 5. The molecule has 0 aromatic carbocycles. The minimum absolute atomic E-state index is 0.189. The maximum absolute atomic E-state index is 13.1. The molecule has 1 aliphatic heterocycles. The number of hydrogen-bond donors (Lipinski definition) is 6. The Morgan fingerprint density at radius 2 is 0.779 bits per heavy atom. The van der Waals surface area contributed by atoms with Gasteiger partial charge in [0.25, 0.3) is 0 Å². The van der Waals surface area contributed by atoms with Crippen molar-refractivity contribution in [2.24, 2.45) is 0 Å². The number of rotatable bonds is 57. The van der Waals surface area contributed by atoms with Gasteiger partial charge >= 0.3 is 0 Å². The van der Waals surface area contributed by atoms with Gasteiger partial charge < -0.3 is 40.3 Å². The van der Waals surface area contributed by atoms with E-state index in [9.17, 15) is 30.3 Å². The Morgan fingerprint density at radius 1 is 0.442 bits per heavy atom. The van der Waals surface area contributed by atoms with E-state index in [0.717, 1.165) is 51.4 Å². The van der Waals surface area contributed by atoms with Crippen molar-refractivity contribution >= 4 is 5.91 Å². The smallest absolute Gasteiger partial charge is 0.220 e. The Balaban J connectivity index is 2.20. The van der Waals surface area contributed by atoms with Crippen LogP contribution in [0.5, 0.6) is 0 Å². The third kappa shape index (κ3) is 46.2. The summed E-state index contributed by atoms with van der Waals surface area (Å²) in [6.45, 7) is 3.79. The predicted molar refractivity (Wildman–Crippen MR) is 327 cm³/mol. The lowest BCUT2D eigenvalue weighted by atomic mass is 9.99. The molecule has 1 rings (SSSR count). The van der Waals surface area contributed by atoms with Crippen molar-refractivity contribution in [3.63, 3.8) is 0 Å². The predicted octanol–water partition coefficient (Wildman–Crippen LogP) is 17.4. The highest BCUT2D eigenvalue weighted by atomic mass is 16.7. The van der Waals surface area contributed by atoms with E-state index in [1.54, 1.807) is 6.08 Å². The zero-order chi connectivity index (χ0) is 55.8. The zero-order valence-electron chi connectivity index (χ0n) is 50.2. The summed E-state index contributed by atoms with van der Waals surface area (Å²) in [5.74, 6) is -0.189. The van der Waals surface area contributed by atoms with E-state index in [0.29, 0.717) is 6.42 Å². The van der Waals surface area contributed by atoms with Crippen LogP contribution in [0.2, 0.25) is 0 Å². The normalized spacial score (nSPS) is 19.1. The highest BCUT2D eigenvalue weighted by molar-refractivity contribution is 5.76. The van der Waals surface area contributed by atoms with Crippen LogP contribution in [0.25, 0.3) is 0 Å². The monoisotopic (exact) mass is 1080 g/mol. The molecule has 0 aliphatic carbocycles. The molecule has 0 aromatic heterocycles. The van der Waals surface area contributed by atoms with Crippen LogP contribution in [0.4, 0.5) is 0 Å². The lowest BCUT2D eigenvalue weighted by molar-refractivity contribution is -0.302. The average Bonchev–Trinajstić information content (AvgIpc) is 3.43. The van der Waals surface area contributed by atoms with Crippen molar-refractivity contribution in [1.82, 2.24) is 5.32 Å². The Kier molecular flexibility index (Phi) is 54.1. The SMILES string of the molecule is CCCCCCCCCCC/C=C\C/C=C\CCCCCCCCCCCCCCCC(=O)NC(COC1OC(CO)C(O)C(O)C1O)C(O)/C=C/CC/C=C/CC/C=C/CCCCCCCCCCCCCCCCC. The quantitative estimate of drug-likeness (QED) is 0.0261. The molecular weight excluding hydrogens is 959 g/mol. The summed E-state index contributed by atoms with van der Waals surface area (Å²) in [6, 6.07) is -0.832. The molecule has 1 saturated heterocycles. The second-order valence-corrected chi connectivity index (χ2v) is 22.9. The lowest BCUT2D eigenvalue weighted by Crippen LogP contribution is -2.60. The molecule has 0 saturated carbocycles. The molecule has 1 aliphatic rings. The molecule has 6 N–H and O–H groups in total. The van der Waals surface area contributed by atoms with Crippen LogP contribution in [0, 0.1) is 0 Å². The second-order valence-electron chi connectivity index (χ2n) is 22.9. The number of hydrogen-bond acceptors (Lipinski definition) is 8. The average molecular weight is 1080 g/mol. The van der Waals surface area contributed by atoms with Crippen molar-refractivity contribution < 1.29 is 39.8 Å². The van der Waals surface area contributed by atoms with Gasteiger partial charge in [0.15, 0.2) is 6.29 Å². The van der Waals surface area contributed by atoms with Gasteiger partial charge in [-0.15, -0.1) is 0 Å². The van der Waals surface area contributed by atoms with Gasteiger partial charge in [0.1, 0.15) is 24.4 Å². The summed E-state index contributed by atoms with van der Waals surface area (Å²) in [5.41, 5.74) is 0. The Labute approximate surface area is 475 Å². The first-order valence-electron chi connectivity index (χ1n) is 33.0. The standard InChI is InChI=1S/C68H125NO8/c1-3-5-7-9-11-13-15-17-19-21-23-25-27-29-30-31-32-34-36-38-40-42-44-46-48-50-52-54-56-58-64(72)69-61(60-76-68-67(75)66(74)65(73)63(59-70)77-68)62(71)57-55-53-51-49-47-45-43-41-39-37-35-33-28-26-24-22-20-18-16-14-12-10-8-6-4-2/h23,25,29-30,39,41,47,49,55,57,61-63,65-68,70-71,73-75H,3-22,24,26-28,31-38,40,42-46,48,50-54,56,58-60H2,1-2H3,(H,69,72)/b25-23-,30-29-,41-39+,49-47+,57-55+. The number of amides is 1. The fourth-order valence-corrected chi connectivity index (χ4v) is 10.3. The number of ether oxygens (including phenoxy) is 2. The van der Waals surface area contributed by atoms with E-state index in [1.165, 1.54) is 238 Å². The second kappa shape index (κ2) is 57.1. The summed E-state index contributed by atoms with van der Waals surface area (Å²) in [6.07, 6.45) is 71.7. The number of aliphatic hydroxyl groups excluding tert-OH is 5. The molecule has 9 heteroatoms. The largest absolute Gasteiger partial charge is 0.394 e. The maximum atomic E-state index is 13.1. The van der Waals surface area contributed by atoms with E-state index in [2.05, 4.69) is 67.8 Å². The topological polar surface area (TPSA) is 149 Å². The summed E-state index contributed by atoms with van der Waals surface area (Å²) in [5, 5.41) is 54.6. The molecule has 0 bridgehead atoms. The van der Waals surface area contributed by atoms with E-state index in [4.69, 9.17) is 9.47 Å². The number of nitrogens with one attached hydrogen (secondary N) is 1. The van der Waals surface area contributed by atoms with E-state index in [-0.39, 0.29) is 12.5 Å². The van der Waals surface area contributed by atoms with Crippen molar-refractivity contribution in [2.45, 2.75) is 352 Å². The fraction of sp³-hybridized carbons (Fsp3) is 0.838. The highest BCUT2D eigenvalue weighted by Gasteiger charge is 2.44. The van der Waals surface area contributed by atoms with Gasteiger partial charge in [-0.3, -0.25) is 4.79 Å². The Bertz CT molecular complexity index is 1400. The highest BCUT2D eigenvalue weighted by Crippen LogP contribution is 2.23. The van der Waals surface area contributed by atoms with E-state index >= 15 is 0 Å². The van der Waals surface area contributed by atoms with Crippen LogP contribution < -0.4 is 5.32 Å². The molecule has 1 fully saturated rings. The molecule has 0 radical (unpaired) electrons. The molecular formula is C68H125NO8. The van der Waals surface area contributed by atoms with Gasteiger partial charge in [-0.05, 0) is 77.0 Å². The first-order chi connectivity index (χ1) is 37.8. The number of carbonyl (C=O) groups excluding carboxylic acids is 1. The van der Waals surface area contributed by atoms with Crippen molar-refractivity contribution in [2.75, 3.05) is 13.2 Å². The molecule has 450 valence electrons. The lowest BCUT2D eigenvalue weighted by Gasteiger charge is -2.40. The molecule has 77 heavy (non-hydrogen) atoms. The molecule has 0 spiro atoms. The molecule has 1 heterocycles. The summed E-state index contributed by atoms with van der Waals surface area (Å²) < 4.78 is 11.3. The van der Waals surface area contributed by atoms with Gasteiger partial charge in [0, 0.05) is 6.42 Å². The van der Waals surface area contributed by atoms with Crippen LogP contribution in [0.1, 0.15) is 309 Å². The van der Waals surface area contributed by atoms with Gasteiger partial charge in [0.2, 0.25) is 5.91 Å². The Hall–Kier alpha value is -2.11. The summed E-state index contributed by atoms with van der Waals surface area (Å²) in [7, 11) is 0. The van der Waals surface area contributed by atoms with Crippen LogP contribution in [0.3, 0.4) is 0 Å². The maximum Gasteiger partial charge on any atom is 0.220 e. The van der Waals surface area contributed by atoms with Gasteiger partial charge in [-0.25, -0.2) is 0 Å². The van der Waals surface area contributed by atoms with Crippen LogP contribution in [-0.4, -0.2) is 87.5 Å². The van der Waals surface area contributed by atoms with Gasteiger partial charge in [-0.1, -0.05) is 286 Å². The van der Waals surface area contributed by atoms with Gasteiger partial charge in [0.05, 0.1) is 25.4 Å². The first kappa shape index (κ1) is 72.9. The van der Waals surface area contributed by atoms with E-state index < -0.39 is 49.5 Å². The minimum Gasteiger partial charge on any atom is -0.394 e. The first-order valence-corrected chi connectivity index (χ1v) is 33.0. The molecule has 7 atom stereocenters. The summed E-state index contributed by atoms with van der Waals surface area (Å²) in [4.78, 5) is 13.1. The fourth-order valence-electron chi connectivity index (χ4n) is 10.3. The van der Waals surface area contributed by atoms with Crippen LogP contribution >= 0.6 is 0 Å². The molecule has 9 nitrogen and oxygen atoms in total. The van der Waals surface area contributed by atoms with Crippen molar-refractivity contribution in [3.05, 3.63) is 60.8 Å². The number of allylic oxidation sites excluding steroid dienone is 9. The minimum atomic E-state index is -1.58. The van der Waals surface area contributed by atoms with Crippen LogP contribution in [-0.2, 0) is 14.3 Å². The number of unbranched alkanes of at least 4 members (excludes halogenated alkanes) is 39. The van der Waals surface area contributed by atoms with Gasteiger partial charge in [-0.2, -0.15) is 0 Å². The molecule has 7 unspecified atom stereocenters. The van der Waals surface area contributed by atoms with Crippen molar-refractivity contribution in [3.8, 4) is 0 Å². The van der Waals surface area contributed by atoms with Crippen LogP contribution in [0.15, 0.2) is 60.8 Å². The summed E-state index contributed by atoms with van der Waals surface area (Å²) >= 11 is 0. The van der Waals surface area contributed by atoms with E-state index in [1.807, 2.05) is 6.08 Å². The molecule has 1 amide bonds. The third-order valence-electron chi connectivity index (χ3n) is 15.5. The zero-order valence-corrected chi connectivity index (χ0v) is 50.2. The number of carbonyl (C=O) groups is 1. The third-order valence-corrected chi connectivity index (χ3v) is 15.5. The van der Waals surface area contributed by atoms with Crippen molar-refractivity contribution in [1.29, 1.82) is 0 Å². The molecule has 0 aromatic rings.